The van der Waals surface area contributed by atoms with Crippen molar-refractivity contribution in [3.8, 4) is 6.07 Å². The van der Waals surface area contributed by atoms with Crippen LogP contribution in [0.15, 0.2) is 30.3 Å². The minimum Gasteiger partial charge on any atom is -0.346 e. The van der Waals surface area contributed by atoms with Crippen LogP contribution in [0.2, 0.25) is 0 Å². The monoisotopic (exact) mass is 258 g/mol. The van der Waals surface area contributed by atoms with Crippen molar-refractivity contribution in [2.45, 2.75) is 40.2 Å². The molecule has 0 saturated heterocycles. The standard InChI is InChI=1S/C16H22N2O/c1-15(2,3)13(11-17)14(19)18-16(4,5)12-9-7-6-8-10-12/h6-10,13H,1-5H3,(H,18,19). The van der Waals surface area contributed by atoms with Gasteiger partial charge in [0.25, 0.3) is 0 Å². The number of hydrogen-bond acceptors (Lipinski definition) is 2. The molecule has 0 fully saturated rings. The Morgan fingerprint density at radius 1 is 1.16 bits per heavy atom. The number of amides is 1. The zero-order chi connectivity index (χ0) is 14.7. The van der Waals surface area contributed by atoms with Crippen LogP contribution in [0.25, 0.3) is 0 Å². The highest BCUT2D eigenvalue weighted by Gasteiger charge is 2.34. The molecule has 0 spiro atoms. The van der Waals surface area contributed by atoms with Gasteiger partial charge in [-0.05, 0) is 24.8 Å². The number of nitriles is 1. The summed E-state index contributed by atoms with van der Waals surface area (Å²) in [5.74, 6) is -0.876. The smallest absolute Gasteiger partial charge is 0.238 e. The molecule has 19 heavy (non-hydrogen) atoms. The van der Waals surface area contributed by atoms with Gasteiger partial charge in [-0.1, -0.05) is 51.1 Å². The van der Waals surface area contributed by atoms with Crippen molar-refractivity contribution < 1.29 is 4.79 Å². The van der Waals surface area contributed by atoms with E-state index in [2.05, 4.69) is 11.4 Å². The minimum absolute atomic E-state index is 0.219. The van der Waals surface area contributed by atoms with Crippen molar-refractivity contribution in [3.05, 3.63) is 35.9 Å². The summed E-state index contributed by atoms with van der Waals surface area (Å²) >= 11 is 0. The number of nitrogens with zero attached hydrogens (tertiary/aromatic N) is 1. The van der Waals surface area contributed by atoms with E-state index in [0.29, 0.717) is 0 Å². The Balaban J connectivity index is 2.91. The fourth-order valence-corrected chi connectivity index (χ4v) is 1.95. The Kier molecular flexibility index (Phi) is 4.36. The Hall–Kier alpha value is -1.82. The van der Waals surface area contributed by atoms with E-state index in [1.54, 1.807) is 0 Å². The van der Waals surface area contributed by atoms with E-state index in [0.717, 1.165) is 5.56 Å². The van der Waals surface area contributed by atoms with Gasteiger partial charge in [-0.3, -0.25) is 4.79 Å². The van der Waals surface area contributed by atoms with Crippen molar-refractivity contribution in [1.29, 1.82) is 5.26 Å². The Morgan fingerprint density at radius 2 is 1.68 bits per heavy atom. The highest BCUT2D eigenvalue weighted by molar-refractivity contribution is 5.82. The first-order chi connectivity index (χ1) is 8.68. The third-order valence-corrected chi connectivity index (χ3v) is 3.19. The molecule has 0 aliphatic heterocycles. The lowest BCUT2D eigenvalue weighted by atomic mass is 9.80. The van der Waals surface area contributed by atoms with Crippen LogP contribution in [0.3, 0.4) is 0 Å². The third-order valence-electron chi connectivity index (χ3n) is 3.19. The molecular weight excluding hydrogens is 236 g/mol. The average Bonchev–Trinajstić information content (AvgIpc) is 2.28. The largest absolute Gasteiger partial charge is 0.346 e. The Bertz CT molecular complexity index is 478. The van der Waals surface area contributed by atoms with Crippen LogP contribution >= 0.6 is 0 Å². The maximum Gasteiger partial charge on any atom is 0.238 e. The predicted molar refractivity (Wildman–Crippen MR) is 76.2 cm³/mol. The van der Waals surface area contributed by atoms with Crippen molar-refractivity contribution >= 4 is 5.91 Å². The first-order valence-corrected chi connectivity index (χ1v) is 6.45. The van der Waals surface area contributed by atoms with Gasteiger partial charge in [-0.2, -0.15) is 5.26 Å². The van der Waals surface area contributed by atoms with E-state index in [1.807, 2.05) is 65.0 Å². The molecule has 1 rings (SSSR count). The topological polar surface area (TPSA) is 52.9 Å². The molecule has 0 bridgehead atoms. The predicted octanol–water partition coefficient (Wildman–Crippen LogP) is 3.22. The van der Waals surface area contributed by atoms with Gasteiger partial charge in [-0.25, -0.2) is 0 Å². The Morgan fingerprint density at radius 3 is 2.11 bits per heavy atom. The summed E-state index contributed by atoms with van der Waals surface area (Å²) in [6.45, 7) is 9.58. The molecule has 0 radical (unpaired) electrons. The van der Waals surface area contributed by atoms with Crippen LogP contribution in [0.1, 0.15) is 40.2 Å². The normalized spacial score (nSPS) is 13.5. The second-order valence-corrected chi connectivity index (χ2v) is 6.41. The number of nitrogens with one attached hydrogen (secondary N) is 1. The lowest BCUT2D eigenvalue weighted by molar-refractivity contribution is -0.127. The molecular formula is C16H22N2O. The molecule has 0 aliphatic rings. The van der Waals surface area contributed by atoms with Crippen LogP contribution in [0, 0.1) is 22.7 Å². The van der Waals surface area contributed by atoms with Gasteiger partial charge < -0.3 is 5.32 Å². The van der Waals surface area contributed by atoms with Crippen LogP contribution in [-0.2, 0) is 10.3 Å². The SMILES string of the molecule is CC(C)(NC(=O)C(C#N)C(C)(C)C)c1ccccc1. The first kappa shape index (κ1) is 15.2. The van der Waals surface area contributed by atoms with E-state index >= 15 is 0 Å². The van der Waals surface area contributed by atoms with Gasteiger partial charge in [-0.15, -0.1) is 0 Å². The molecule has 1 N–H and O–H groups in total. The third kappa shape index (κ3) is 3.82. The van der Waals surface area contributed by atoms with Gasteiger partial charge in [0.15, 0.2) is 0 Å². The maximum atomic E-state index is 12.3. The molecule has 0 heterocycles. The molecule has 102 valence electrons. The molecule has 0 aromatic heterocycles. The molecule has 3 nitrogen and oxygen atoms in total. The lowest BCUT2D eigenvalue weighted by Crippen LogP contribution is -2.46. The van der Waals surface area contributed by atoms with Gasteiger partial charge in [0.2, 0.25) is 5.91 Å². The van der Waals surface area contributed by atoms with Crippen LogP contribution in [0.5, 0.6) is 0 Å². The van der Waals surface area contributed by atoms with Gasteiger partial charge in [0.05, 0.1) is 11.6 Å². The van der Waals surface area contributed by atoms with Gasteiger partial charge in [0.1, 0.15) is 5.92 Å². The fraction of sp³-hybridized carbons (Fsp3) is 0.500. The molecule has 1 atom stereocenters. The molecule has 1 unspecified atom stereocenters. The maximum absolute atomic E-state index is 12.3. The number of rotatable bonds is 3. The highest BCUT2D eigenvalue weighted by atomic mass is 16.2. The summed E-state index contributed by atoms with van der Waals surface area (Å²) < 4.78 is 0. The fourth-order valence-electron chi connectivity index (χ4n) is 1.95. The van der Waals surface area contributed by atoms with E-state index in [-0.39, 0.29) is 11.3 Å². The van der Waals surface area contributed by atoms with E-state index in [9.17, 15) is 10.1 Å². The lowest BCUT2D eigenvalue weighted by Gasteiger charge is -2.31. The summed E-state index contributed by atoms with van der Waals surface area (Å²) in [6.07, 6.45) is 0. The number of benzene rings is 1. The summed E-state index contributed by atoms with van der Waals surface area (Å²) in [5, 5.41) is 12.2. The van der Waals surface area contributed by atoms with Crippen LogP contribution in [0.4, 0.5) is 0 Å². The van der Waals surface area contributed by atoms with Crippen LogP contribution < -0.4 is 5.32 Å². The number of carbonyl (C=O) groups excluding carboxylic acids is 1. The van der Waals surface area contributed by atoms with Crippen LogP contribution in [-0.4, -0.2) is 5.91 Å². The molecule has 1 amide bonds. The summed E-state index contributed by atoms with van der Waals surface area (Å²) in [4.78, 5) is 12.3. The van der Waals surface area contributed by atoms with Crippen molar-refractivity contribution in [2.75, 3.05) is 0 Å². The summed E-state index contributed by atoms with van der Waals surface area (Å²) in [6, 6.07) is 11.9. The van der Waals surface area contributed by atoms with E-state index < -0.39 is 11.5 Å². The molecule has 0 aliphatic carbocycles. The van der Waals surface area contributed by atoms with Crippen molar-refractivity contribution in [3.63, 3.8) is 0 Å². The zero-order valence-corrected chi connectivity index (χ0v) is 12.3. The highest BCUT2D eigenvalue weighted by Crippen LogP contribution is 2.27. The summed E-state index contributed by atoms with van der Waals surface area (Å²) in [7, 11) is 0. The van der Waals surface area contributed by atoms with Gasteiger partial charge >= 0.3 is 0 Å². The van der Waals surface area contributed by atoms with Crippen molar-refractivity contribution in [2.24, 2.45) is 11.3 Å². The Labute approximate surface area is 115 Å². The second-order valence-electron chi connectivity index (χ2n) is 6.41. The minimum atomic E-state index is -0.657. The molecule has 0 saturated carbocycles. The van der Waals surface area contributed by atoms with E-state index in [4.69, 9.17) is 0 Å². The molecule has 1 aromatic carbocycles. The first-order valence-electron chi connectivity index (χ1n) is 6.45. The number of carbonyl (C=O) groups is 1. The number of hydrogen-bond donors (Lipinski definition) is 1. The second kappa shape index (κ2) is 5.44. The van der Waals surface area contributed by atoms with E-state index in [1.165, 1.54) is 0 Å². The quantitative estimate of drug-likeness (QED) is 0.905. The zero-order valence-electron chi connectivity index (χ0n) is 12.3. The van der Waals surface area contributed by atoms with Crippen molar-refractivity contribution in [1.82, 2.24) is 5.32 Å². The van der Waals surface area contributed by atoms with Gasteiger partial charge in [0, 0.05) is 0 Å². The average molecular weight is 258 g/mol. The molecule has 3 heteroatoms. The summed E-state index contributed by atoms with van der Waals surface area (Å²) in [5.41, 5.74) is 0.165. The molecule has 1 aromatic rings.